The normalized spacial score (nSPS) is 10.2. The average molecular weight is 394 g/mol. The van der Waals surface area contributed by atoms with E-state index in [0.717, 1.165) is 12.1 Å². The molecule has 0 fully saturated rings. The Morgan fingerprint density at radius 1 is 1.15 bits per heavy atom. The molecule has 0 aliphatic heterocycles. The van der Waals surface area contributed by atoms with Crippen molar-refractivity contribution in [1.82, 2.24) is 0 Å². The number of nitro benzene ring substituents is 1. The molecule has 27 heavy (non-hydrogen) atoms. The van der Waals surface area contributed by atoms with Gasteiger partial charge in [0.2, 0.25) is 0 Å². The smallest absolute Gasteiger partial charge is 0.345 e. The van der Waals surface area contributed by atoms with Crippen LogP contribution in [0, 0.1) is 10.1 Å². The van der Waals surface area contributed by atoms with Gasteiger partial charge in [0, 0.05) is 16.7 Å². The molecule has 0 N–H and O–H groups in total. The molecule has 2 aromatic rings. The molecule has 0 bridgehead atoms. The van der Waals surface area contributed by atoms with Crippen LogP contribution in [0.2, 0.25) is 5.02 Å². The van der Waals surface area contributed by atoms with Crippen molar-refractivity contribution in [3.63, 3.8) is 0 Å². The number of rotatable bonds is 8. The number of methoxy groups -OCH3 is 1. The predicted molar refractivity (Wildman–Crippen MR) is 96.9 cm³/mol. The molecule has 0 saturated heterocycles. The maximum Gasteiger partial charge on any atom is 0.345 e. The molecule has 0 amide bonds. The molecule has 142 valence electrons. The number of carbonyl (C=O) groups is 2. The molecular formula is C18H16ClNO7. The summed E-state index contributed by atoms with van der Waals surface area (Å²) < 4.78 is 15.3. The molecule has 0 aliphatic rings. The number of nitro groups is 1. The fourth-order valence-electron chi connectivity index (χ4n) is 2.22. The lowest BCUT2D eigenvalue weighted by Crippen LogP contribution is -2.15. The Hall–Kier alpha value is -3.13. The molecule has 2 rings (SSSR count). The largest absolute Gasteiger partial charge is 0.493 e. The lowest BCUT2D eigenvalue weighted by Gasteiger charge is -2.11. The molecule has 2 aromatic carbocycles. The van der Waals surface area contributed by atoms with Crippen LogP contribution in [0.3, 0.4) is 0 Å². The van der Waals surface area contributed by atoms with E-state index in [1.165, 1.54) is 31.4 Å². The second-order valence-corrected chi connectivity index (χ2v) is 5.65. The number of hydrogen-bond acceptors (Lipinski definition) is 7. The highest BCUT2D eigenvalue weighted by Gasteiger charge is 2.26. The molecule has 0 spiro atoms. The van der Waals surface area contributed by atoms with Gasteiger partial charge in [0.15, 0.2) is 23.9 Å². The Kier molecular flexibility index (Phi) is 6.73. The van der Waals surface area contributed by atoms with E-state index >= 15 is 0 Å². The third-order valence-corrected chi connectivity index (χ3v) is 3.75. The summed E-state index contributed by atoms with van der Waals surface area (Å²) in [6.07, 6.45) is 0. The second kappa shape index (κ2) is 9.00. The van der Waals surface area contributed by atoms with Gasteiger partial charge < -0.3 is 14.2 Å². The van der Waals surface area contributed by atoms with Crippen molar-refractivity contribution in [3.05, 3.63) is 62.7 Å². The van der Waals surface area contributed by atoms with Gasteiger partial charge in [-0.1, -0.05) is 11.6 Å². The summed E-state index contributed by atoms with van der Waals surface area (Å²) in [7, 11) is 1.34. The predicted octanol–water partition coefficient (Wildman–Crippen LogP) is 3.70. The van der Waals surface area contributed by atoms with Gasteiger partial charge in [-0.3, -0.25) is 14.9 Å². The van der Waals surface area contributed by atoms with Crippen molar-refractivity contribution in [1.29, 1.82) is 0 Å². The van der Waals surface area contributed by atoms with Crippen LogP contribution in [-0.2, 0) is 4.74 Å². The molecule has 0 unspecified atom stereocenters. The van der Waals surface area contributed by atoms with E-state index in [-0.39, 0.29) is 23.7 Å². The molecule has 8 nitrogen and oxygen atoms in total. The summed E-state index contributed by atoms with van der Waals surface area (Å²) in [5.74, 6) is -1.23. The van der Waals surface area contributed by atoms with E-state index in [9.17, 15) is 19.7 Å². The van der Waals surface area contributed by atoms with Crippen LogP contribution in [0.4, 0.5) is 5.69 Å². The van der Waals surface area contributed by atoms with Crippen LogP contribution in [0.15, 0.2) is 36.4 Å². The van der Waals surface area contributed by atoms with E-state index < -0.39 is 29.0 Å². The first-order valence-electron chi connectivity index (χ1n) is 7.82. The highest BCUT2D eigenvalue weighted by atomic mass is 35.5. The van der Waals surface area contributed by atoms with E-state index in [1.807, 2.05) is 0 Å². The topological polar surface area (TPSA) is 105 Å². The Balaban J connectivity index is 2.22. The van der Waals surface area contributed by atoms with Crippen LogP contribution in [-0.4, -0.2) is 37.0 Å². The zero-order valence-electron chi connectivity index (χ0n) is 14.6. The van der Waals surface area contributed by atoms with Gasteiger partial charge in [-0.2, -0.15) is 0 Å². The lowest BCUT2D eigenvalue weighted by atomic mass is 10.1. The number of carbonyl (C=O) groups excluding carboxylic acids is 2. The summed E-state index contributed by atoms with van der Waals surface area (Å²) in [6.45, 7) is 1.38. The van der Waals surface area contributed by atoms with Crippen LogP contribution in [0.1, 0.15) is 27.6 Å². The van der Waals surface area contributed by atoms with Gasteiger partial charge in [-0.25, -0.2) is 4.79 Å². The van der Waals surface area contributed by atoms with Gasteiger partial charge in [-0.15, -0.1) is 0 Å². The molecule has 9 heteroatoms. The van der Waals surface area contributed by atoms with Crippen molar-refractivity contribution in [3.8, 4) is 11.5 Å². The molecule has 0 atom stereocenters. The molecule has 0 aromatic heterocycles. The fraction of sp³-hybridized carbons (Fsp3) is 0.222. The number of nitrogens with zero attached hydrogens (tertiary/aromatic N) is 1. The number of esters is 1. The summed E-state index contributed by atoms with van der Waals surface area (Å²) in [5, 5.41) is 11.8. The quantitative estimate of drug-likeness (QED) is 0.291. The highest BCUT2D eigenvalue weighted by molar-refractivity contribution is 6.30. The van der Waals surface area contributed by atoms with Gasteiger partial charge >= 0.3 is 5.97 Å². The van der Waals surface area contributed by atoms with Crippen molar-refractivity contribution >= 4 is 29.0 Å². The minimum Gasteiger partial charge on any atom is -0.493 e. The lowest BCUT2D eigenvalue weighted by molar-refractivity contribution is -0.385. The molecule has 0 saturated carbocycles. The summed E-state index contributed by atoms with van der Waals surface area (Å²) >= 11 is 5.75. The summed E-state index contributed by atoms with van der Waals surface area (Å²) in [5.41, 5.74) is -0.557. The van der Waals surface area contributed by atoms with Crippen LogP contribution in [0.5, 0.6) is 11.5 Å². The molecule has 0 heterocycles. The van der Waals surface area contributed by atoms with Gasteiger partial charge in [0.05, 0.1) is 24.7 Å². The number of ketones is 1. The Morgan fingerprint density at radius 2 is 1.81 bits per heavy atom. The molecule has 0 aliphatic carbocycles. The van der Waals surface area contributed by atoms with E-state index in [2.05, 4.69) is 0 Å². The zero-order chi connectivity index (χ0) is 20.0. The Morgan fingerprint density at radius 3 is 2.37 bits per heavy atom. The Bertz CT molecular complexity index is 865. The van der Waals surface area contributed by atoms with Crippen molar-refractivity contribution in [2.75, 3.05) is 20.3 Å². The summed E-state index contributed by atoms with van der Waals surface area (Å²) in [6, 6.07) is 8.26. The molecule has 0 radical (unpaired) electrons. The number of ether oxygens (including phenoxy) is 3. The number of halogens is 1. The van der Waals surface area contributed by atoms with E-state index in [4.69, 9.17) is 25.8 Å². The minimum atomic E-state index is -1.02. The third-order valence-electron chi connectivity index (χ3n) is 3.50. The van der Waals surface area contributed by atoms with Crippen molar-refractivity contribution in [2.24, 2.45) is 0 Å². The maximum absolute atomic E-state index is 12.3. The SMILES string of the molecule is CCOc1cc([N+](=O)[O-])c(C(=O)OCC(=O)c2ccc(Cl)cc2)cc1OC. The molecular weight excluding hydrogens is 378 g/mol. The minimum absolute atomic E-state index is 0.125. The van der Waals surface area contributed by atoms with E-state index in [0.29, 0.717) is 10.6 Å². The first-order chi connectivity index (χ1) is 12.9. The van der Waals surface area contributed by atoms with Crippen LogP contribution >= 0.6 is 11.6 Å². The standard InChI is InChI=1S/C18H16ClNO7/c1-3-26-17-9-14(20(23)24)13(8-16(17)25-2)18(22)27-10-15(21)11-4-6-12(19)7-5-11/h4-9H,3,10H2,1-2H3. The van der Waals surface area contributed by atoms with Crippen LogP contribution < -0.4 is 9.47 Å². The Labute approximate surface area is 159 Å². The first-order valence-corrected chi connectivity index (χ1v) is 8.20. The maximum atomic E-state index is 12.3. The zero-order valence-corrected chi connectivity index (χ0v) is 15.3. The van der Waals surface area contributed by atoms with Crippen molar-refractivity contribution in [2.45, 2.75) is 6.92 Å². The number of hydrogen-bond donors (Lipinski definition) is 0. The number of benzene rings is 2. The summed E-state index contributed by atoms with van der Waals surface area (Å²) in [4.78, 5) is 34.9. The van der Waals surface area contributed by atoms with Gasteiger partial charge in [0.1, 0.15) is 5.56 Å². The first kappa shape index (κ1) is 20.2. The fourth-order valence-corrected chi connectivity index (χ4v) is 2.35. The average Bonchev–Trinajstić information content (AvgIpc) is 2.66. The van der Waals surface area contributed by atoms with Gasteiger partial charge in [-0.05, 0) is 31.2 Å². The van der Waals surface area contributed by atoms with Crippen molar-refractivity contribution < 1.29 is 28.7 Å². The van der Waals surface area contributed by atoms with Crippen LogP contribution in [0.25, 0.3) is 0 Å². The third kappa shape index (κ3) is 4.95. The number of Topliss-reactive ketones (excluding diaryl/α,β-unsaturated/α-hetero) is 1. The van der Waals surface area contributed by atoms with Gasteiger partial charge in [0.25, 0.3) is 5.69 Å². The highest BCUT2D eigenvalue weighted by Crippen LogP contribution is 2.35. The monoisotopic (exact) mass is 393 g/mol. The second-order valence-electron chi connectivity index (χ2n) is 5.22. The van der Waals surface area contributed by atoms with E-state index in [1.54, 1.807) is 6.92 Å².